The van der Waals surface area contributed by atoms with Gasteiger partial charge in [-0.2, -0.15) is 0 Å². The van der Waals surface area contributed by atoms with Crippen molar-refractivity contribution in [2.24, 2.45) is 5.41 Å². The van der Waals surface area contributed by atoms with Crippen molar-refractivity contribution >= 4 is 5.97 Å². The number of carboxylic acid groups (broad SMARTS) is 1. The molecule has 1 aliphatic carbocycles. The van der Waals surface area contributed by atoms with E-state index in [0.717, 1.165) is 32.1 Å². The van der Waals surface area contributed by atoms with Crippen molar-refractivity contribution in [3.8, 4) is 0 Å². The summed E-state index contributed by atoms with van der Waals surface area (Å²) >= 11 is 0. The molecule has 0 aromatic carbocycles. The lowest BCUT2D eigenvalue weighted by molar-refractivity contribution is -0.147. The predicted molar refractivity (Wildman–Crippen MR) is 65.5 cm³/mol. The van der Waals surface area contributed by atoms with E-state index >= 15 is 0 Å². The molecule has 0 radical (unpaired) electrons. The topological polar surface area (TPSA) is 49.3 Å². The zero-order valence-corrected chi connectivity index (χ0v) is 11.0. The van der Waals surface area contributed by atoms with Crippen molar-refractivity contribution < 1.29 is 9.90 Å². The summed E-state index contributed by atoms with van der Waals surface area (Å²) in [6.07, 6.45) is 4.45. The minimum atomic E-state index is -0.677. The van der Waals surface area contributed by atoms with Crippen molar-refractivity contribution in [3.05, 3.63) is 0 Å². The van der Waals surface area contributed by atoms with Crippen LogP contribution < -0.4 is 5.32 Å². The molecule has 0 aromatic rings. The van der Waals surface area contributed by atoms with Gasteiger partial charge in [0.05, 0.1) is 0 Å². The highest BCUT2D eigenvalue weighted by molar-refractivity contribution is 5.79. The van der Waals surface area contributed by atoms with Gasteiger partial charge in [0, 0.05) is 6.04 Å². The highest BCUT2D eigenvalue weighted by atomic mass is 16.4. The van der Waals surface area contributed by atoms with Gasteiger partial charge >= 0.3 is 5.97 Å². The third-order valence-corrected chi connectivity index (χ3v) is 4.00. The van der Waals surface area contributed by atoms with Crippen LogP contribution >= 0.6 is 0 Å². The monoisotopic (exact) mass is 227 g/mol. The summed E-state index contributed by atoms with van der Waals surface area (Å²) < 4.78 is 0. The zero-order chi connectivity index (χ0) is 12.4. The van der Waals surface area contributed by atoms with Gasteiger partial charge in [0.2, 0.25) is 0 Å². The van der Waals surface area contributed by atoms with Crippen LogP contribution in [-0.2, 0) is 4.79 Å². The Balaban J connectivity index is 2.73. The first-order valence-corrected chi connectivity index (χ1v) is 6.32. The standard InChI is InChI=1S/C13H25NO2/c1-5-10(2)14-13(11(15)16)8-6-12(3,4)7-9-13/h10,14H,5-9H2,1-4H3,(H,15,16). The Kier molecular flexibility index (Phi) is 4.00. The van der Waals surface area contributed by atoms with Gasteiger partial charge in [-0.15, -0.1) is 0 Å². The van der Waals surface area contributed by atoms with E-state index in [4.69, 9.17) is 0 Å². The second kappa shape index (κ2) is 4.74. The van der Waals surface area contributed by atoms with Gasteiger partial charge in [0.1, 0.15) is 5.54 Å². The third kappa shape index (κ3) is 2.97. The summed E-state index contributed by atoms with van der Waals surface area (Å²) in [5.74, 6) is -0.677. The maximum absolute atomic E-state index is 11.5. The number of hydrogen-bond acceptors (Lipinski definition) is 2. The van der Waals surface area contributed by atoms with Crippen molar-refractivity contribution in [1.82, 2.24) is 5.32 Å². The van der Waals surface area contributed by atoms with Crippen LogP contribution in [-0.4, -0.2) is 22.7 Å². The molecular weight excluding hydrogens is 202 g/mol. The molecule has 0 aliphatic heterocycles. The van der Waals surface area contributed by atoms with E-state index in [9.17, 15) is 9.90 Å². The quantitative estimate of drug-likeness (QED) is 0.776. The van der Waals surface area contributed by atoms with Crippen molar-refractivity contribution in [3.63, 3.8) is 0 Å². The Bertz CT molecular complexity index is 251. The second-order valence-corrected chi connectivity index (χ2v) is 6.01. The summed E-state index contributed by atoms with van der Waals surface area (Å²) in [4.78, 5) is 11.5. The molecule has 16 heavy (non-hydrogen) atoms. The molecule has 3 nitrogen and oxygen atoms in total. The molecule has 2 N–H and O–H groups in total. The van der Waals surface area contributed by atoms with Crippen molar-refractivity contribution in [2.75, 3.05) is 0 Å². The number of aliphatic carboxylic acids is 1. The molecule has 1 unspecified atom stereocenters. The Morgan fingerprint density at radius 3 is 2.19 bits per heavy atom. The summed E-state index contributed by atoms with van der Waals surface area (Å²) in [7, 11) is 0. The number of hydrogen-bond donors (Lipinski definition) is 2. The van der Waals surface area contributed by atoms with Gasteiger partial charge in [0.25, 0.3) is 0 Å². The van der Waals surface area contributed by atoms with Crippen LogP contribution in [0.2, 0.25) is 0 Å². The highest BCUT2D eigenvalue weighted by Gasteiger charge is 2.44. The van der Waals surface area contributed by atoms with Crippen LogP contribution in [0.25, 0.3) is 0 Å². The molecule has 1 saturated carbocycles. The molecule has 0 heterocycles. The van der Waals surface area contributed by atoms with Gasteiger partial charge < -0.3 is 5.11 Å². The molecule has 0 amide bonds. The third-order valence-electron chi connectivity index (χ3n) is 4.00. The second-order valence-electron chi connectivity index (χ2n) is 6.01. The van der Waals surface area contributed by atoms with E-state index in [2.05, 4.69) is 33.0 Å². The van der Waals surface area contributed by atoms with Crippen LogP contribution in [0.3, 0.4) is 0 Å². The Labute approximate surface area is 98.6 Å². The number of rotatable bonds is 4. The van der Waals surface area contributed by atoms with Crippen molar-refractivity contribution in [2.45, 2.75) is 71.4 Å². The molecule has 3 heteroatoms. The van der Waals surface area contributed by atoms with Gasteiger partial charge in [-0.25, -0.2) is 0 Å². The normalized spacial score (nSPS) is 25.0. The van der Waals surface area contributed by atoms with Gasteiger partial charge in [-0.1, -0.05) is 20.8 Å². The van der Waals surface area contributed by atoms with Gasteiger partial charge in [0.15, 0.2) is 0 Å². The average Bonchev–Trinajstić information content (AvgIpc) is 2.21. The van der Waals surface area contributed by atoms with Crippen LogP contribution in [0.5, 0.6) is 0 Å². The summed E-state index contributed by atoms with van der Waals surface area (Å²) in [5.41, 5.74) is -0.374. The van der Waals surface area contributed by atoms with E-state index < -0.39 is 11.5 Å². The van der Waals surface area contributed by atoms with Gasteiger partial charge in [-0.05, 0) is 44.4 Å². The van der Waals surface area contributed by atoms with Gasteiger partial charge in [-0.3, -0.25) is 10.1 Å². The summed E-state index contributed by atoms with van der Waals surface area (Å²) in [6.45, 7) is 8.59. The van der Waals surface area contributed by atoms with E-state index in [1.54, 1.807) is 0 Å². The molecular formula is C13H25NO2. The lowest BCUT2D eigenvalue weighted by atomic mass is 9.69. The maximum Gasteiger partial charge on any atom is 0.323 e. The molecule has 0 saturated heterocycles. The number of carboxylic acids is 1. The largest absolute Gasteiger partial charge is 0.480 e. The average molecular weight is 227 g/mol. The maximum atomic E-state index is 11.5. The zero-order valence-electron chi connectivity index (χ0n) is 11.0. The molecule has 1 aliphatic rings. The molecule has 94 valence electrons. The molecule has 1 rings (SSSR count). The van der Waals surface area contributed by atoms with Crippen LogP contribution in [0.4, 0.5) is 0 Å². The molecule has 0 spiro atoms. The molecule has 0 bridgehead atoms. The molecule has 1 atom stereocenters. The molecule has 1 fully saturated rings. The fraction of sp³-hybridized carbons (Fsp3) is 0.923. The Morgan fingerprint density at radius 1 is 1.31 bits per heavy atom. The molecule has 0 aromatic heterocycles. The van der Waals surface area contributed by atoms with E-state index in [-0.39, 0.29) is 6.04 Å². The summed E-state index contributed by atoms with van der Waals surface area (Å²) in [6, 6.07) is 0.275. The first kappa shape index (κ1) is 13.5. The highest BCUT2D eigenvalue weighted by Crippen LogP contribution is 2.40. The fourth-order valence-corrected chi connectivity index (χ4v) is 2.35. The smallest absolute Gasteiger partial charge is 0.323 e. The van der Waals surface area contributed by atoms with Crippen molar-refractivity contribution in [1.29, 1.82) is 0 Å². The first-order chi connectivity index (χ1) is 7.31. The minimum Gasteiger partial charge on any atom is -0.480 e. The predicted octanol–water partition coefficient (Wildman–Crippen LogP) is 2.80. The SMILES string of the molecule is CCC(C)NC1(C(=O)O)CCC(C)(C)CC1. The fourth-order valence-electron chi connectivity index (χ4n) is 2.35. The minimum absolute atomic E-state index is 0.275. The van der Waals surface area contributed by atoms with E-state index in [1.165, 1.54) is 0 Å². The lowest BCUT2D eigenvalue weighted by Crippen LogP contribution is -2.57. The number of carbonyl (C=O) groups is 1. The van der Waals surface area contributed by atoms with Crippen LogP contribution in [0, 0.1) is 5.41 Å². The summed E-state index contributed by atoms with van der Waals surface area (Å²) in [5, 5.41) is 12.8. The van der Waals surface area contributed by atoms with E-state index in [0.29, 0.717) is 5.41 Å². The lowest BCUT2D eigenvalue weighted by Gasteiger charge is -2.42. The van der Waals surface area contributed by atoms with Crippen LogP contribution in [0.15, 0.2) is 0 Å². The Morgan fingerprint density at radius 2 is 1.81 bits per heavy atom. The first-order valence-electron chi connectivity index (χ1n) is 6.32. The van der Waals surface area contributed by atoms with E-state index in [1.807, 2.05) is 0 Å². The number of nitrogens with one attached hydrogen (secondary N) is 1. The van der Waals surface area contributed by atoms with Crippen LogP contribution in [0.1, 0.15) is 59.8 Å². The Hall–Kier alpha value is -0.570.